The lowest BCUT2D eigenvalue weighted by molar-refractivity contribution is 0.803. The fourth-order valence-corrected chi connectivity index (χ4v) is 11.6. The van der Waals surface area contributed by atoms with Gasteiger partial charge in [-0.3, -0.25) is 0 Å². The molecule has 1 heterocycles. The van der Waals surface area contributed by atoms with Gasteiger partial charge in [0.15, 0.2) is 5.82 Å². The molecule has 11 aromatic carbocycles. The van der Waals surface area contributed by atoms with Crippen LogP contribution in [0.25, 0.3) is 111 Å². The second-order valence-electron chi connectivity index (χ2n) is 17.9. The molecule has 67 heavy (non-hydrogen) atoms. The van der Waals surface area contributed by atoms with Crippen molar-refractivity contribution in [3.05, 3.63) is 265 Å². The van der Waals surface area contributed by atoms with E-state index in [0.717, 1.165) is 33.6 Å². The minimum absolute atomic E-state index is 0.537. The molecule has 0 N–H and O–H groups in total. The van der Waals surface area contributed by atoms with Crippen LogP contribution in [-0.2, 0) is 5.41 Å². The van der Waals surface area contributed by atoms with Crippen LogP contribution in [0.15, 0.2) is 243 Å². The number of nitrogens with zero attached hydrogens (tertiary/aromatic N) is 2. The lowest BCUT2D eigenvalue weighted by Gasteiger charge is -2.32. The highest BCUT2D eigenvalue weighted by Crippen LogP contribution is 2.67. The first-order valence-corrected chi connectivity index (χ1v) is 23.1. The van der Waals surface area contributed by atoms with Crippen molar-refractivity contribution in [2.45, 2.75) is 5.41 Å². The largest absolute Gasteiger partial charge is 0.228 e. The third-order valence-corrected chi connectivity index (χ3v) is 14.5. The predicted octanol–water partition coefficient (Wildman–Crippen LogP) is 16.6. The summed E-state index contributed by atoms with van der Waals surface area (Å²) in [4.78, 5) is 10.4. The molecular weight excluding hydrogens is 809 g/mol. The van der Waals surface area contributed by atoms with Gasteiger partial charge in [0.25, 0.3) is 0 Å². The molecule has 2 heteroatoms. The second kappa shape index (κ2) is 14.7. The van der Waals surface area contributed by atoms with E-state index >= 15 is 0 Å². The van der Waals surface area contributed by atoms with E-state index in [1.165, 1.54) is 93.5 Å². The van der Waals surface area contributed by atoms with Crippen molar-refractivity contribution in [3.8, 4) is 78.4 Å². The molecule has 0 atom stereocenters. The fourth-order valence-electron chi connectivity index (χ4n) is 11.6. The molecule has 2 nitrogen and oxygen atoms in total. The molecule has 12 aromatic rings. The summed E-state index contributed by atoms with van der Waals surface area (Å²) in [7, 11) is 0. The summed E-state index contributed by atoms with van der Waals surface area (Å²) >= 11 is 0. The first-order valence-electron chi connectivity index (χ1n) is 23.1. The van der Waals surface area contributed by atoms with Gasteiger partial charge in [-0.2, -0.15) is 0 Å². The molecule has 0 saturated heterocycles. The van der Waals surface area contributed by atoms with Gasteiger partial charge in [-0.05, 0) is 111 Å². The Morgan fingerprint density at radius 1 is 0.254 bits per heavy atom. The van der Waals surface area contributed by atoms with Gasteiger partial charge in [-0.1, -0.05) is 231 Å². The molecule has 2 aliphatic rings. The molecule has 0 amide bonds. The van der Waals surface area contributed by atoms with Gasteiger partial charge in [-0.25, -0.2) is 9.97 Å². The standard InChI is InChI=1S/C65H40N2/c1-3-17-41(18-4-1)42-31-35-44(36-32-42)59-40-60(67-64(66-59)46-19-5-2-6-20-46)45-37-33-43(34-38-45)55-39-58-61(52-26-10-8-23-49(52)55)62-53-27-11-7-21-47(53)48-22-9-12-28-54(48)63(62)65(58)56-29-15-13-24-50(56)51-25-14-16-30-57(51)65/h1-40H. The molecule has 0 fully saturated rings. The molecule has 0 bridgehead atoms. The number of fused-ring (bicyclic) bond motifs is 17. The number of hydrogen-bond acceptors (Lipinski definition) is 2. The summed E-state index contributed by atoms with van der Waals surface area (Å²) < 4.78 is 0. The van der Waals surface area contributed by atoms with Gasteiger partial charge in [0, 0.05) is 16.7 Å². The van der Waals surface area contributed by atoms with Crippen LogP contribution in [0, 0.1) is 0 Å². The van der Waals surface area contributed by atoms with E-state index in [1.54, 1.807) is 0 Å². The molecule has 1 spiro atoms. The Kier molecular flexibility index (Phi) is 8.23. The van der Waals surface area contributed by atoms with Gasteiger partial charge in [0.2, 0.25) is 0 Å². The molecule has 0 aliphatic heterocycles. The first-order chi connectivity index (χ1) is 33.2. The molecule has 1 aromatic heterocycles. The first kappa shape index (κ1) is 37.6. The van der Waals surface area contributed by atoms with Crippen LogP contribution in [0.3, 0.4) is 0 Å². The zero-order valence-corrected chi connectivity index (χ0v) is 36.5. The Hall–Kier alpha value is -8.72. The summed E-state index contributed by atoms with van der Waals surface area (Å²) in [6.07, 6.45) is 0. The highest BCUT2D eigenvalue weighted by atomic mass is 14.9. The minimum Gasteiger partial charge on any atom is -0.228 e. The van der Waals surface area contributed by atoms with Gasteiger partial charge in [0.1, 0.15) is 0 Å². The zero-order chi connectivity index (χ0) is 44.1. The average molecular weight is 849 g/mol. The molecular formula is C65H40N2. The van der Waals surface area contributed by atoms with Crippen LogP contribution in [0.5, 0.6) is 0 Å². The monoisotopic (exact) mass is 848 g/mol. The van der Waals surface area contributed by atoms with E-state index in [4.69, 9.17) is 9.97 Å². The third kappa shape index (κ3) is 5.51. The Balaban J connectivity index is 0.982. The average Bonchev–Trinajstić information content (AvgIpc) is 3.89. The van der Waals surface area contributed by atoms with Crippen LogP contribution < -0.4 is 0 Å². The van der Waals surface area contributed by atoms with Gasteiger partial charge in [-0.15, -0.1) is 0 Å². The summed E-state index contributed by atoms with van der Waals surface area (Å²) in [5.74, 6) is 0.705. The lowest BCUT2D eigenvalue weighted by Crippen LogP contribution is -2.26. The minimum atomic E-state index is -0.537. The SMILES string of the molecule is c1ccc(-c2ccc(-c3cc(-c4ccc(-c5cc6c(c7ccccc57)-c5c(c7ccccc7c7ccccc57)C65c6ccccc6-c6ccccc65)cc4)nc(-c4ccccc4)n3)cc2)cc1. The molecule has 0 radical (unpaired) electrons. The van der Waals surface area contributed by atoms with Crippen molar-refractivity contribution in [1.29, 1.82) is 0 Å². The Labute approximate surface area is 389 Å². The van der Waals surface area contributed by atoms with E-state index in [2.05, 4.69) is 224 Å². The number of benzene rings is 11. The highest BCUT2D eigenvalue weighted by molar-refractivity contribution is 6.24. The van der Waals surface area contributed by atoms with Crippen LogP contribution in [0.2, 0.25) is 0 Å². The van der Waals surface area contributed by atoms with Gasteiger partial charge in [0.05, 0.1) is 16.8 Å². The van der Waals surface area contributed by atoms with Crippen molar-refractivity contribution in [2.24, 2.45) is 0 Å². The third-order valence-electron chi connectivity index (χ3n) is 14.5. The Bertz CT molecular complexity index is 3900. The van der Waals surface area contributed by atoms with Crippen LogP contribution in [0.4, 0.5) is 0 Å². The maximum atomic E-state index is 5.22. The summed E-state index contributed by atoms with van der Waals surface area (Å²) in [6, 6.07) is 88.7. The number of rotatable bonds is 5. The van der Waals surface area contributed by atoms with Crippen molar-refractivity contribution in [2.75, 3.05) is 0 Å². The molecule has 0 unspecified atom stereocenters. The Morgan fingerprint density at radius 3 is 1.27 bits per heavy atom. The number of hydrogen-bond donors (Lipinski definition) is 0. The predicted molar refractivity (Wildman–Crippen MR) is 278 cm³/mol. The van der Waals surface area contributed by atoms with Crippen molar-refractivity contribution >= 4 is 32.3 Å². The van der Waals surface area contributed by atoms with Crippen molar-refractivity contribution in [3.63, 3.8) is 0 Å². The lowest BCUT2D eigenvalue weighted by atomic mass is 9.68. The smallest absolute Gasteiger partial charge is 0.160 e. The Morgan fingerprint density at radius 2 is 0.672 bits per heavy atom. The zero-order valence-electron chi connectivity index (χ0n) is 36.5. The van der Waals surface area contributed by atoms with Crippen LogP contribution in [0.1, 0.15) is 22.3 Å². The maximum absolute atomic E-state index is 5.22. The normalized spacial score (nSPS) is 12.9. The maximum Gasteiger partial charge on any atom is 0.160 e. The van der Waals surface area contributed by atoms with E-state index in [0.29, 0.717) is 5.82 Å². The summed E-state index contributed by atoms with van der Waals surface area (Å²) in [6.45, 7) is 0. The summed E-state index contributed by atoms with van der Waals surface area (Å²) in [5.41, 5.74) is 19.8. The quantitative estimate of drug-likeness (QED) is 0.161. The summed E-state index contributed by atoms with van der Waals surface area (Å²) in [5, 5.41) is 7.69. The topological polar surface area (TPSA) is 25.8 Å². The van der Waals surface area contributed by atoms with E-state index < -0.39 is 5.41 Å². The van der Waals surface area contributed by atoms with E-state index in [9.17, 15) is 0 Å². The second-order valence-corrected chi connectivity index (χ2v) is 17.9. The van der Waals surface area contributed by atoms with Gasteiger partial charge < -0.3 is 0 Å². The molecule has 310 valence electrons. The van der Waals surface area contributed by atoms with Crippen LogP contribution >= 0.6 is 0 Å². The molecule has 2 aliphatic carbocycles. The fraction of sp³-hybridized carbons (Fsp3) is 0.0154. The van der Waals surface area contributed by atoms with Gasteiger partial charge >= 0.3 is 0 Å². The van der Waals surface area contributed by atoms with E-state index in [1.807, 2.05) is 18.2 Å². The molecule has 0 saturated carbocycles. The number of aromatic nitrogens is 2. The van der Waals surface area contributed by atoms with Crippen LogP contribution in [-0.4, -0.2) is 9.97 Å². The van der Waals surface area contributed by atoms with Crippen molar-refractivity contribution < 1.29 is 0 Å². The van der Waals surface area contributed by atoms with E-state index in [-0.39, 0.29) is 0 Å². The highest BCUT2D eigenvalue weighted by Gasteiger charge is 2.53. The van der Waals surface area contributed by atoms with Crippen molar-refractivity contribution in [1.82, 2.24) is 9.97 Å². The molecule has 14 rings (SSSR count).